The van der Waals surface area contributed by atoms with E-state index >= 15 is 0 Å². The first-order chi connectivity index (χ1) is 17.0. The van der Waals surface area contributed by atoms with Crippen LogP contribution >= 0.6 is 0 Å². The third kappa shape index (κ3) is 3.82. The van der Waals surface area contributed by atoms with Gasteiger partial charge in [-0.25, -0.2) is 4.79 Å². The number of hydrogen-bond acceptors (Lipinski definition) is 6. The molecule has 2 aliphatic rings. The molecule has 1 saturated heterocycles. The van der Waals surface area contributed by atoms with Crippen molar-refractivity contribution in [2.24, 2.45) is 5.92 Å². The van der Waals surface area contributed by atoms with Gasteiger partial charge in [0.25, 0.3) is 5.56 Å². The Hall–Kier alpha value is -3.84. The molecule has 0 radical (unpaired) electrons. The molecular formula is C28H26N2O5. The maximum Gasteiger partial charge on any atom is 0.344 e. The number of pyridine rings is 1. The first kappa shape index (κ1) is 21.7. The van der Waals surface area contributed by atoms with Crippen molar-refractivity contribution in [3.8, 4) is 22.6 Å². The molecule has 1 N–H and O–H groups in total. The number of rotatable bonds is 4. The van der Waals surface area contributed by atoms with E-state index < -0.39 is 5.63 Å². The average Bonchev–Trinajstić information content (AvgIpc) is 2.86. The number of methoxy groups -OCH3 is 1. The van der Waals surface area contributed by atoms with Gasteiger partial charge in [-0.05, 0) is 54.3 Å². The minimum atomic E-state index is -0.446. The number of nitrogens with zero attached hydrogens (tertiary/aromatic N) is 2. The summed E-state index contributed by atoms with van der Waals surface area (Å²) in [4.78, 5) is 27.6. The van der Waals surface area contributed by atoms with Gasteiger partial charge in [-0.15, -0.1) is 0 Å². The van der Waals surface area contributed by atoms with E-state index in [1.54, 1.807) is 37.4 Å². The van der Waals surface area contributed by atoms with Crippen molar-refractivity contribution >= 4 is 11.0 Å². The number of phenols is 1. The normalized spacial score (nSPS) is 19.5. The van der Waals surface area contributed by atoms with Crippen molar-refractivity contribution in [3.05, 3.63) is 92.7 Å². The molecule has 0 aliphatic carbocycles. The number of benzene rings is 2. The van der Waals surface area contributed by atoms with Crippen LogP contribution in [0.2, 0.25) is 0 Å². The van der Waals surface area contributed by atoms with E-state index in [1.165, 1.54) is 0 Å². The predicted octanol–water partition coefficient (Wildman–Crippen LogP) is 3.96. The van der Waals surface area contributed by atoms with Crippen LogP contribution in [0, 0.1) is 5.92 Å². The Labute approximate surface area is 201 Å². The standard InChI is InChI=1S/C28H26N2O5/c1-34-21-8-5-18(6-9-21)22-12-19-7-10-25(31)23(27(19)35-28(22)33)16-29-13-17-11-20(15-29)24-3-2-4-26(32)30(24)14-17/h2-10,12,17,20,31H,11,13-16H2,1H3. The maximum absolute atomic E-state index is 12.9. The third-order valence-corrected chi connectivity index (χ3v) is 7.32. The van der Waals surface area contributed by atoms with E-state index in [2.05, 4.69) is 4.90 Å². The highest BCUT2D eigenvalue weighted by molar-refractivity contribution is 5.85. The quantitative estimate of drug-likeness (QED) is 0.455. The van der Waals surface area contributed by atoms with E-state index in [4.69, 9.17) is 9.15 Å². The summed E-state index contributed by atoms with van der Waals surface area (Å²) in [6.45, 7) is 2.78. The van der Waals surface area contributed by atoms with Crippen molar-refractivity contribution in [1.82, 2.24) is 9.47 Å². The van der Waals surface area contributed by atoms with Gasteiger partial charge in [0.1, 0.15) is 17.1 Å². The van der Waals surface area contributed by atoms with Gasteiger partial charge in [0, 0.05) is 49.2 Å². The summed E-state index contributed by atoms with van der Waals surface area (Å²) in [6, 6.07) is 18.0. The van der Waals surface area contributed by atoms with Crippen LogP contribution in [0.4, 0.5) is 0 Å². The molecule has 4 aromatic rings. The van der Waals surface area contributed by atoms with Crippen LogP contribution < -0.4 is 15.9 Å². The number of piperidine rings is 1. The molecule has 0 amide bonds. The Morgan fingerprint density at radius 1 is 1.03 bits per heavy atom. The summed E-state index contributed by atoms with van der Waals surface area (Å²) < 4.78 is 12.9. The second kappa shape index (κ2) is 8.43. The van der Waals surface area contributed by atoms with Crippen LogP contribution in [0.25, 0.3) is 22.1 Å². The lowest BCUT2D eigenvalue weighted by molar-refractivity contribution is 0.113. The van der Waals surface area contributed by atoms with Crippen LogP contribution in [0.1, 0.15) is 23.6 Å². The zero-order valence-electron chi connectivity index (χ0n) is 19.4. The smallest absolute Gasteiger partial charge is 0.344 e. The van der Waals surface area contributed by atoms with Gasteiger partial charge in [-0.1, -0.05) is 18.2 Å². The van der Waals surface area contributed by atoms with Crippen LogP contribution in [0.5, 0.6) is 11.5 Å². The third-order valence-electron chi connectivity index (χ3n) is 7.32. The fourth-order valence-corrected chi connectivity index (χ4v) is 5.70. The zero-order chi connectivity index (χ0) is 24.1. The minimum Gasteiger partial charge on any atom is -0.507 e. The number of aromatic hydroxyl groups is 1. The number of phenolic OH excluding ortho intramolecular Hbond substituents is 1. The minimum absolute atomic E-state index is 0.0618. The molecule has 2 aliphatic heterocycles. The topological polar surface area (TPSA) is 84.9 Å². The molecule has 2 unspecified atom stereocenters. The Morgan fingerprint density at radius 2 is 1.86 bits per heavy atom. The zero-order valence-corrected chi connectivity index (χ0v) is 19.4. The molecule has 2 bridgehead atoms. The summed E-state index contributed by atoms with van der Waals surface area (Å²) in [5.74, 6) is 1.46. The number of ether oxygens (including phenoxy) is 1. The van der Waals surface area contributed by atoms with Crippen LogP contribution in [0.15, 0.2) is 74.7 Å². The van der Waals surface area contributed by atoms with E-state index in [1.807, 2.05) is 34.9 Å². The monoisotopic (exact) mass is 470 g/mol. The number of fused-ring (bicyclic) bond motifs is 5. The van der Waals surface area contributed by atoms with Gasteiger partial charge < -0.3 is 18.8 Å². The van der Waals surface area contributed by atoms with Crippen LogP contribution in [-0.4, -0.2) is 34.8 Å². The number of hydrogen-bond donors (Lipinski definition) is 1. The lowest BCUT2D eigenvalue weighted by Gasteiger charge is -2.42. The van der Waals surface area contributed by atoms with E-state index in [0.717, 1.165) is 36.2 Å². The largest absolute Gasteiger partial charge is 0.507 e. The van der Waals surface area contributed by atoms with E-state index in [-0.39, 0.29) is 17.2 Å². The SMILES string of the molecule is COc1ccc(-c2cc3ccc(O)c(CN4CC5CC(C4)c4cccc(=O)n4C5)c3oc2=O)cc1. The van der Waals surface area contributed by atoms with Crippen molar-refractivity contribution in [3.63, 3.8) is 0 Å². The summed E-state index contributed by atoms with van der Waals surface area (Å²) in [6.07, 6.45) is 1.06. The maximum atomic E-state index is 12.9. The van der Waals surface area contributed by atoms with Crippen molar-refractivity contribution in [2.75, 3.05) is 20.2 Å². The van der Waals surface area contributed by atoms with Gasteiger partial charge in [0.2, 0.25) is 0 Å². The highest BCUT2D eigenvalue weighted by atomic mass is 16.5. The van der Waals surface area contributed by atoms with Gasteiger partial charge in [0.05, 0.1) is 18.2 Å². The molecule has 7 heteroatoms. The highest BCUT2D eigenvalue weighted by Crippen LogP contribution is 2.37. The molecule has 1 fully saturated rings. The molecule has 178 valence electrons. The summed E-state index contributed by atoms with van der Waals surface area (Å²) in [7, 11) is 1.60. The molecule has 2 atom stereocenters. The molecule has 35 heavy (non-hydrogen) atoms. The highest BCUT2D eigenvalue weighted by Gasteiger charge is 2.35. The second-order valence-electron chi connectivity index (χ2n) is 9.55. The molecule has 7 nitrogen and oxygen atoms in total. The Morgan fingerprint density at radius 3 is 2.66 bits per heavy atom. The molecular weight excluding hydrogens is 444 g/mol. The molecule has 6 rings (SSSR count). The molecule has 0 spiro atoms. The van der Waals surface area contributed by atoms with Crippen molar-refractivity contribution < 1.29 is 14.3 Å². The van der Waals surface area contributed by atoms with Crippen molar-refractivity contribution in [2.45, 2.75) is 25.4 Å². The number of likely N-dealkylation sites (tertiary alicyclic amines) is 1. The average molecular weight is 471 g/mol. The van der Waals surface area contributed by atoms with Crippen LogP contribution in [-0.2, 0) is 13.1 Å². The molecule has 0 saturated carbocycles. The molecule has 2 aromatic heterocycles. The summed E-state index contributed by atoms with van der Waals surface area (Å²) in [5.41, 5.74) is 2.94. The lowest BCUT2D eigenvalue weighted by Crippen LogP contribution is -2.46. The van der Waals surface area contributed by atoms with Gasteiger partial charge in [-0.3, -0.25) is 9.69 Å². The predicted molar refractivity (Wildman–Crippen MR) is 133 cm³/mol. The Balaban J connectivity index is 1.34. The lowest BCUT2D eigenvalue weighted by atomic mass is 9.83. The van der Waals surface area contributed by atoms with E-state index in [0.29, 0.717) is 41.5 Å². The fraction of sp³-hybridized carbons (Fsp3) is 0.286. The first-order valence-electron chi connectivity index (χ1n) is 11.9. The fourth-order valence-electron chi connectivity index (χ4n) is 5.70. The van der Waals surface area contributed by atoms with Gasteiger partial charge in [0.15, 0.2) is 0 Å². The first-order valence-corrected chi connectivity index (χ1v) is 11.9. The van der Waals surface area contributed by atoms with Crippen molar-refractivity contribution in [1.29, 1.82) is 0 Å². The number of aromatic nitrogens is 1. The second-order valence-corrected chi connectivity index (χ2v) is 9.55. The Kier molecular flexibility index (Phi) is 5.22. The summed E-state index contributed by atoms with van der Waals surface area (Å²) >= 11 is 0. The Bertz CT molecular complexity index is 1540. The molecule has 2 aromatic carbocycles. The summed E-state index contributed by atoms with van der Waals surface area (Å²) in [5, 5.41) is 11.5. The van der Waals surface area contributed by atoms with Gasteiger partial charge >= 0.3 is 5.63 Å². The molecule has 4 heterocycles. The van der Waals surface area contributed by atoms with Gasteiger partial charge in [-0.2, -0.15) is 0 Å². The van der Waals surface area contributed by atoms with Crippen LogP contribution in [0.3, 0.4) is 0 Å². The van der Waals surface area contributed by atoms with E-state index in [9.17, 15) is 14.7 Å².